The molecule has 0 aliphatic carbocycles. The van der Waals surface area contributed by atoms with Gasteiger partial charge in [-0.2, -0.15) is 0 Å². The van der Waals surface area contributed by atoms with E-state index in [0.29, 0.717) is 18.0 Å². The zero-order valence-corrected chi connectivity index (χ0v) is 11.4. The molecule has 104 valence electrons. The van der Waals surface area contributed by atoms with E-state index >= 15 is 0 Å². The highest BCUT2D eigenvalue weighted by molar-refractivity contribution is 5.94. The fraction of sp³-hybridized carbons (Fsp3) is 0.200. The first kappa shape index (κ1) is 13.9. The maximum Gasteiger partial charge on any atom is 0.337 e. The standard InChI is InChI=1S/C15H16N2O3/c1-17(10-11-5-7-16-8-6-11)14-9-12(20-2)3-4-13(14)15(18)19/h3-9H,10H2,1-2H3,(H,18,19). The van der Waals surface area contributed by atoms with Gasteiger partial charge in [0.1, 0.15) is 5.75 Å². The van der Waals surface area contributed by atoms with Crippen molar-refractivity contribution in [2.24, 2.45) is 0 Å². The van der Waals surface area contributed by atoms with Crippen molar-refractivity contribution in [1.29, 1.82) is 0 Å². The number of rotatable bonds is 5. The Hall–Kier alpha value is -2.56. The predicted molar refractivity (Wildman–Crippen MR) is 76.3 cm³/mol. The Morgan fingerprint density at radius 1 is 1.30 bits per heavy atom. The molecule has 0 spiro atoms. The van der Waals surface area contributed by atoms with Crippen LogP contribution in [-0.2, 0) is 6.54 Å². The van der Waals surface area contributed by atoms with Crippen molar-refractivity contribution < 1.29 is 14.6 Å². The number of methoxy groups -OCH3 is 1. The lowest BCUT2D eigenvalue weighted by molar-refractivity contribution is 0.0697. The molecule has 0 amide bonds. The molecule has 0 atom stereocenters. The molecule has 2 aromatic rings. The van der Waals surface area contributed by atoms with Crippen LogP contribution in [0.15, 0.2) is 42.7 Å². The Morgan fingerprint density at radius 3 is 2.60 bits per heavy atom. The molecular weight excluding hydrogens is 256 g/mol. The van der Waals surface area contributed by atoms with Gasteiger partial charge >= 0.3 is 5.97 Å². The Bertz CT molecular complexity index is 599. The summed E-state index contributed by atoms with van der Waals surface area (Å²) in [6, 6.07) is 8.73. The molecule has 0 aliphatic heterocycles. The minimum absolute atomic E-state index is 0.252. The molecule has 1 N–H and O–H groups in total. The zero-order valence-electron chi connectivity index (χ0n) is 11.4. The molecule has 20 heavy (non-hydrogen) atoms. The van der Waals surface area contributed by atoms with E-state index in [2.05, 4.69) is 4.98 Å². The van der Waals surface area contributed by atoms with Crippen molar-refractivity contribution in [3.63, 3.8) is 0 Å². The fourth-order valence-electron chi connectivity index (χ4n) is 1.98. The van der Waals surface area contributed by atoms with Gasteiger partial charge in [0.05, 0.1) is 18.4 Å². The van der Waals surface area contributed by atoms with E-state index in [1.165, 1.54) is 0 Å². The monoisotopic (exact) mass is 272 g/mol. The number of carboxylic acid groups (broad SMARTS) is 1. The van der Waals surface area contributed by atoms with Gasteiger partial charge in [-0.05, 0) is 29.8 Å². The fourth-order valence-corrected chi connectivity index (χ4v) is 1.98. The topological polar surface area (TPSA) is 62.7 Å². The predicted octanol–water partition coefficient (Wildman–Crippen LogP) is 2.42. The highest BCUT2D eigenvalue weighted by atomic mass is 16.5. The first-order valence-corrected chi connectivity index (χ1v) is 6.13. The number of hydrogen-bond acceptors (Lipinski definition) is 4. The quantitative estimate of drug-likeness (QED) is 0.905. The van der Waals surface area contributed by atoms with E-state index < -0.39 is 5.97 Å². The number of nitrogens with zero attached hydrogens (tertiary/aromatic N) is 2. The lowest BCUT2D eigenvalue weighted by Gasteiger charge is -2.22. The van der Waals surface area contributed by atoms with E-state index in [1.54, 1.807) is 37.7 Å². The van der Waals surface area contributed by atoms with Crippen LogP contribution < -0.4 is 9.64 Å². The average molecular weight is 272 g/mol. The zero-order chi connectivity index (χ0) is 14.5. The maximum atomic E-state index is 11.3. The molecule has 0 saturated heterocycles. The third-order valence-electron chi connectivity index (χ3n) is 3.02. The van der Waals surface area contributed by atoms with Gasteiger partial charge in [0.2, 0.25) is 0 Å². The van der Waals surface area contributed by atoms with Gasteiger partial charge in [-0.3, -0.25) is 4.98 Å². The first-order valence-electron chi connectivity index (χ1n) is 6.13. The van der Waals surface area contributed by atoms with Crippen LogP contribution in [0.25, 0.3) is 0 Å². The Kier molecular flexibility index (Phi) is 4.20. The van der Waals surface area contributed by atoms with Crippen LogP contribution in [0.3, 0.4) is 0 Å². The van der Waals surface area contributed by atoms with E-state index in [-0.39, 0.29) is 5.56 Å². The lowest BCUT2D eigenvalue weighted by Crippen LogP contribution is -2.19. The van der Waals surface area contributed by atoms with Crippen LogP contribution in [-0.4, -0.2) is 30.2 Å². The largest absolute Gasteiger partial charge is 0.497 e. The van der Waals surface area contributed by atoms with E-state index in [1.807, 2.05) is 24.1 Å². The molecule has 0 saturated carbocycles. The van der Waals surface area contributed by atoms with Gasteiger partial charge in [-0.1, -0.05) is 0 Å². The van der Waals surface area contributed by atoms with E-state index in [9.17, 15) is 9.90 Å². The van der Waals surface area contributed by atoms with Crippen LogP contribution in [0.1, 0.15) is 15.9 Å². The van der Waals surface area contributed by atoms with Gasteiger partial charge < -0.3 is 14.7 Å². The molecule has 5 heteroatoms. The minimum atomic E-state index is -0.954. The van der Waals surface area contributed by atoms with Crippen molar-refractivity contribution in [2.75, 3.05) is 19.1 Å². The summed E-state index contributed by atoms with van der Waals surface area (Å²) in [5.41, 5.74) is 1.93. The van der Waals surface area contributed by atoms with E-state index in [4.69, 9.17) is 4.74 Å². The summed E-state index contributed by atoms with van der Waals surface area (Å²) in [6.45, 7) is 0.593. The van der Waals surface area contributed by atoms with Crippen molar-refractivity contribution in [1.82, 2.24) is 4.98 Å². The number of hydrogen-bond donors (Lipinski definition) is 1. The van der Waals surface area contributed by atoms with Crippen LogP contribution >= 0.6 is 0 Å². The van der Waals surface area contributed by atoms with Crippen molar-refractivity contribution in [3.05, 3.63) is 53.9 Å². The summed E-state index contributed by atoms with van der Waals surface area (Å²) in [4.78, 5) is 17.1. The van der Waals surface area contributed by atoms with Crippen LogP contribution in [0, 0.1) is 0 Å². The normalized spacial score (nSPS) is 10.1. The summed E-state index contributed by atoms with van der Waals surface area (Å²) in [6.07, 6.45) is 3.43. The molecular formula is C15H16N2O3. The summed E-state index contributed by atoms with van der Waals surface area (Å²) < 4.78 is 5.16. The van der Waals surface area contributed by atoms with Crippen molar-refractivity contribution in [3.8, 4) is 5.75 Å². The third-order valence-corrected chi connectivity index (χ3v) is 3.02. The number of carboxylic acids is 1. The van der Waals surface area contributed by atoms with Crippen LogP contribution in [0.5, 0.6) is 5.75 Å². The molecule has 0 aliphatic rings. The SMILES string of the molecule is COc1ccc(C(=O)O)c(N(C)Cc2ccncc2)c1. The molecule has 1 aromatic heterocycles. The van der Waals surface area contributed by atoms with Crippen LogP contribution in [0.2, 0.25) is 0 Å². The third kappa shape index (κ3) is 3.06. The Labute approximate surface area is 117 Å². The number of benzene rings is 1. The molecule has 1 heterocycles. The molecule has 2 rings (SSSR count). The number of carbonyl (C=O) groups is 1. The van der Waals surface area contributed by atoms with E-state index in [0.717, 1.165) is 5.56 Å². The highest BCUT2D eigenvalue weighted by Gasteiger charge is 2.14. The van der Waals surface area contributed by atoms with Gasteiger partial charge in [-0.25, -0.2) is 4.79 Å². The molecule has 0 unspecified atom stereocenters. The number of aromatic carboxylic acids is 1. The van der Waals surface area contributed by atoms with Crippen LogP contribution in [0.4, 0.5) is 5.69 Å². The molecule has 1 aromatic carbocycles. The Morgan fingerprint density at radius 2 is 2.00 bits per heavy atom. The lowest BCUT2D eigenvalue weighted by atomic mass is 10.1. The number of aromatic nitrogens is 1. The average Bonchev–Trinajstić information content (AvgIpc) is 2.47. The van der Waals surface area contributed by atoms with Gasteiger partial charge in [0.25, 0.3) is 0 Å². The van der Waals surface area contributed by atoms with Crippen molar-refractivity contribution in [2.45, 2.75) is 6.54 Å². The minimum Gasteiger partial charge on any atom is -0.497 e. The second kappa shape index (κ2) is 6.06. The second-order valence-corrected chi connectivity index (χ2v) is 4.40. The summed E-state index contributed by atoms with van der Waals surface area (Å²) in [5, 5.41) is 9.27. The smallest absolute Gasteiger partial charge is 0.337 e. The summed E-state index contributed by atoms with van der Waals surface area (Å²) in [7, 11) is 3.41. The van der Waals surface area contributed by atoms with Gasteiger partial charge in [-0.15, -0.1) is 0 Å². The highest BCUT2D eigenvalue weighted by Crippen LogP contribution is 2.26. The molecule has 5 nitrogen and oxygen atoms in total. The van der Waals surface area contributed by atoms with Gasteiger partial charge in [0, 0.05) is 32.1 Å². The first-order chi connectivity index (χ1) is 9.61. The number of pyridine rings is 1. The molecule has 0 bridgehead atoms. The number of anilines is 1. The second-order valence-electron chi connectivity index (χ2n) is 4.40. The summed E-state index contributed by atoms with van der Waals surface area (Å²) >= 11 is 0. The molecule has 0 fully saturated rings. The van der Waals surface area contributed by atoms with Gasteiger partial charge in [0.15, 0.2) is 0 Å². The summed E-state index contributed by atoms with van der Waals surface area (Å²) in [5.74, 6) is -0.323. The van der Waals surface area contributed by atoms with Crippen molar-refractivity contribution >= 4 is 11.7 Å². The maximum absolute atomic E-state index is 11.3. The molecule has 0 radical (unpaired) electrons. The Balaban J connectivity index is 2.32. The number of ether oxygens (including phenoxy) is 1.